The van der Waals surface area contributed by atoms with Gasteiger partial charge in [-0.15, -0.1) is 0 Å². The molecule has 0 spiro atoms. The molecule has 7 heteroatoms. The van der Waals surface area contributed by atoms with Crippen molar-refractivity contribution in [3.8, 4) is 11.5 Å². The molecular weight excluding hydrogens is 404 g/mol. The molecule has 6 aromatic rings. The molecule has 0 aliphatic rings. The molecule has 2 aromatic heterocycles. The van der Waals surface area contributed by atoms with E-state index >= 15 is 0 Å². The van der Waals surface area contributed by atoms with Crippen LogP contribution in [0, 0.1) is 0 Å². The molecule has 7 nitrogen and oxygen atoms in total. The molecule has 0 atom stereocenters. The zero-order valence-corrected chi connectivity index (χ0v) is 16.6. The average Bonchev–Trinajstić information content (AvgIpc) is 2.82. The molecule has 0 N–H and O–H groups in total. The van der Waals surface area contributed by atoms with Gasteiger partial charge in [0.1, 0.15) is 11.0 Å². The number of rotatable bonds is 2. The van der Waals surface area contributed by atoms with Crippen molar-refractivity contribution in [3.63, 3.8) is 0 Å². The van der Waals surface area contributed by atoms with Crippen LogP contribution in [0.4, 0.5) is 4.79 Å². The minimum Gasteiger partial charge on any atom is -0.392 e. The fraction of sp³-hybridized carbons (Fsp3) is 0. The van der Waals surface area contributed by atoms with Crippen LogP contribution in [0.5, 0.6) is 11.5 Å². The van der Waals surface area contributed by atoms with Gasteiger partial charge in [-0.25, -0.2) is 24.7 Å². The highest BCUT2D eigenvalue weighted by molar-refractivity contribution is 5.92. The van der Waals surface area contributed by atoms with Crippen LogP contribution < -0.4 is 9.47 Å². The van der Waals surface area contributed by atoms with Gasteiger partial charge < -0.3 is 9.47 Å². The van der Waals surface area contributed by atoms with Crippen LogP contribution in [-0.4, -0.2) is 26.1 Å². The lowest BCUT2D eigenvalue weighted by Gasteiger charge is -2.09. The zero-order chi connectivity index (χ0) is 21.5. The molecule has 0 radical (unpaired) electrons. The number of nitrogens with zero attached hydrogens (tertiary/aromatic N) is 4. The minimum atomic E-state index is -0.894. The van der Waals surface area contributed by atoms with Gasteiger partial charge in [0.2, 0.25) is 0 Å². The Morgan fingerprint density at radius 3 is 1.28 bits per heavy atom. The summed E-state index contributed by atoms with van der Waals surface area (Å²) in [6, 6.07) is 25.5. The second-order valence-electron chi connectivity index (χ2n) is 7.13. The monoisotopic (exact) mass is 418 g/mol. The summed E-state index contributed by atoms with van der Waals surface area (Å²) in [5, 5.41) is 0. The molecule has 0 saturated heterocycles. The summed E-state index contributed by atoms with van der Waals surface area (Å²) in [5.41, 5.74) is 5.15. The lowest BCUT2D eigenvalue weighted by atomic mass is 10.2. The minimum absolute atomic E-state index is 0.266. The van der Waals surface area contributed by atoms with E-state index in [-0.39, 0.29) is 11.5 Å². The molecule has 0 fully saturated rings. The molecule has 0 amide bonds. The van der Waals surface area contributed by atoms with Crippen molar-refractivity contribution in [1.82, 2.24) is 19.9 Å². The number of aromatic nitrogens is 4. The predicted octanol–water partition coefficient (Wildman–Crippen LogP) is 5.46. The maximum Gasteiger partial charge on any atom is 0.519 e. The Kier molecular flexibility index (Phi) is 4.11. The van der Waals surface area contributed by atoms with Crippen LogP contribution in [0.25, 0.3) is 44.1 Å². The van der Waals surface area contributed by atoms with Crippen LogP contribution in [0.2, 0.25) is 0 Å². The van der Waals surface area contributed by atoms with Crippen LogP contribution in [-0.2, 0) is 0 Å². The van der Waals surface area contributed by atoms with Gasteiger partial charge >= 0.3 is 6.16 Å². The van der Waals surface area contributed by atoms with E-state index in [0.717, 1.165) is 11.0 Å². The maximum atomic E-state index is 12.7. The van der Waals surface area contributed by atoms with E-state index in [1.807, 2.05) is 60.7 Å². The van der Waals surface area contributed by atoms with E-state index in [4.69, 9.17) is 9.47 Å². The predicted molar refractivity (Wildman–Crippen MR) is 121 cm³/mol. The molecule has 2 heterocycles. The zero-order valence-electron chi connectivity index (χ0n) is 16.6. The van der Waals surface area contributed by atoms with Crippen molar-refractivity contribution in [3.05, 3.63) is 84.9 Å². The summed E-state index contributed by atoms with van der Waals surface area (Å²) < 4.78 is 11.0. The molecular formula is C25H14N4O3. The van der Waals surface area contributed by atoms with Crippen LogP contribution >= 0.6 is 0 Å². The quantitative estimate of drug-likeness (QED) is 0.210. The molecule has 32 heavy (non-hydrogen) atoms. The fourth-order valence-corrected chi connectivity index (χ4v) is 3.60. The lowest BCUT2D eigenvalue weighted by molar-refractivity contribution is 0.153. The van der Waals surface area contributed by atoms with Gasteiger partial charge in [0.25, 0.3) is 0 Å². The maximum absolute atomic E-state index is 12.7. The number of carbonyl (C=O) groups excluding carboxylic acids is 1. The highest BCUT2D eigenvalue weighted by atomic mass is 16.7. The molecule has 152 valence electrons. The smallest absolute Gasteiger partial charge is 0.392 e. The average molecular weight is 418 g/mol. The number of benzene rings is 4. The molecule has 4 aromatic carbocycles. The van der Waals surface area contributed by atoms with E-state index < -0.39 is 6.16 Å². The summed E-state index contributed by atoms with van der Waals surface area (Å²) in [4.78, 5) is 31.0. The van der Waals surface area contributed by atoms with E-state index in [9.17, 15) is 4.79 Å². The Balaban J connectivity index is 1.36. The van der Waals surface area contributed by atoms with E-state index in [0.29, 0.717) is 33.1 Å². The Morgan fingerprint density at radius 1 is 0.469 bits per heavy atom. The second-order valence-corrected chi connectivity index (χ2v) is 7.13. The summed E-state index contributed by atoms with van der Waals surface area (Å²) >= 11 is 0. The molecule has 0 aliphatic heterocycles. The van der Waals surface area contributed by atoms with Gasteiger partial charge in [-0.05, 0) is 48.5 Å². The van der Waals surface area contributed by atoms with Gasteiger partial charge in [0.05, 0.1) is 33.1 Å². The van der Waals surface area contributed by atoms with Crippen molar-refractivity contribution in [2.45, 2.75) is 0 Å². The number of para-hydroxylation sites is 6. The topological polar surface area (TPSA) is 87.1 Å². The Morgan fingerprint density at radius 2 is 0.844 bits per heavy atom. The van der Waals surface area contributed by atoms with Crippen molar-refractivity contribution in [2.24, 2.45) is 0 Å². The first-order chi connectivity index (χ1) is 15.7. The van der Waals surface area contributed by atoms with Crippen LogP contribution in [0.1, 0.15) is 0 Å². The molecule has 0 aliphatic carbocycles. The Bertz CT molecular complexity index is 1540. The van der Waals surface area contributed by atoms with Crippen molar-refractivity contribution in [1.29, 1.82) is 0 Å². The van der Waals surface area contributed by atoms with Gasteiger partial charge in [-0.3, -0.25) is 0 Å². The third-order valence-electron chi connectivity index (χ3n) is 5.05. The second kappa shape index (κ2) is 7.24. The number of hydrogen-bond acceptors (Lipinski definition) is 7. The molecule has 6 rings (SSSR count). The SMILES string of the molecule is O=C(Oc1cccc2nc3ccccc3nc12)Oc1cccc2nc3ccccc3nc12. The molecule has 0 bridgehead atoms. The van der Waals surface area contributed by atoms with E-state index in [1.165, 1.54) is 0 Å². The molecule has 0 saturated carbocycles. The van der Waals surface area contributed by atoms with E-state index in [1.54, 1.807) is 24.3 Å². The van der Waals surface area contributed by atoms with Crippen molar-refractivity contribution >= 4 is 50.3 Å². The summed E-state index contributed by atoms with van der Waals surface area (Å²) in [5.74, 6) is 0.532. The highest BCUT2D eigenvalue weighted by Gasteiger charge is 2.16. The first kappa shape index (κ1) is 18.1. The van der Waals surface area contributed by atoms with Gasteiger partial charge in [-0.1, -0.05) is 36.4 Å². The Hall–Kier alpha value is -4.65. The summed E-state index contributed by atoms with van der Waals surface area (Å²) in [7, 11) is 0. The van der Waals surface area contributed by atoms with Gasteiger partial charge in [0, 0.05) is 0 Å². The van der Waals surface area contributed by atoms with Gasteiger partial charge in [-0.2, -0.15) is 0 Å². The van der Waals surface area contributed by atoms with Crippen molar-refractivity contribution < 1.29 is 14.3 Å². The summed E-state index contributed by atoms with van der Waals surface area (Å²) in [6.45, 7) is 0. The lowest BCUT2D eigenvalue weighted by Crippen LogP contribution is -2.14. The van der Waals surface area contributed by atoms with E-state index in [2.05, 4.69) is 19.9 Å². The third-order valence-corrected chi connectivity index (χ3v) is 5.05. The summed E-state index contributed by atoms with van der Waals surface area (Å²) in [6.07, 6.45) is -0.894. The highest BCUT2D eigenvalue weighted by Crippen LogP contribution is 2.28. The third kappa shape index (κ3) is 3.13. The first-order valence-electron chi connectivity index (χ1n) is 9.95. The number of fused-ring (bicyclic) bond motifs is 4. The Labute approximate surface area is 181 Å². The first-order valence-corrected chi connectivity index (χ1v) is 9.95. The number of hydrogen-bond donors (Lipinski definition) is 0. The molecule has 0 unspecified atom stereocenters. The van der Waals surface area contributed by atoms with Gasteiger partial charge in [0.15, 0.2) is 11.5 Å². The van der Waals surface area contributed by atoms with Crippen molar-refractivity contribution in [2.75, 3.05) is 0 Å². The van der Waals surface area contributed by atoms with Crippen LogP contribution in [0.3, 0.4) is 0 Å². The number of ether oxygens (including phenoxy) is 2. The largest absolute Gasteiger partial charge is 0.519 e. The normalized spacial score (nSPS) is 11.2. The number of carbonyl (C=O) groups is 1. The fourth-order valence-electron chi connectivity index (χ4n) is 3.60. The van der Waals surface area contributed by atoms with Crippen LogP contribution in [0.15, 0.2) is 84.9 Å². The standard InChI is InChI=1S/C25H14N4O3/c30-25(31-21-13-5-11-19-23(21)28-17-9-3-1-7-15(17)26-19)32-22-14-6-12-20-24(22)29-18-10-4-2-8-16(18)27-20/h1-14H.